The number of aliphatic hydroxyl groups excluding tert-OH is 1. The Bertz CT molecular complexity index is 271. The van der Waals surface area contributed by atoms with E-state index in [-0.39, 0.29) is 30.6 Å². The number of hydrogen-bond donors (Lipinski definition) is 3. The normalized spacial score (nSPS) is 12.9. The summed E-state index contributed by atoms with van der Waals surface area (Å²) in [6, 6.07) is 0. The first-order valence-corrected chi connectivity index (χ1v) is 8.84. The molecule has 0 aliphatic heterocycles. The molecule has 23 heavy (non-hydrogen) atoms. The van der Waals surface area contributed by atoms with Crippen LogP contribution < -0.4 is 10.6 Å². The van der Waals surface area contributed by atoms with Crippen molar-refractivity contribution in [1.29, 1.82) is 0 Å². The molecule has 5 nitrogen and oxygen atoms in total. The number of nitrogens with zero attached hydrogens (tertiary/aromatic N) is 1. The van der Waals surface area contributed by atoms with E-state index in [1.165, 1.54) is 0 Å². The van der Waals surface area contributed by atoms with Crippen molar-refractivity contribution in [3.63, 3.8) is 0 Å². The van der Waals surface area contributed by atoms with Crippen molar-refractivity contribution >= 4 is 29.9 Å². The zero-order chi connectivity index (χ0) is 16.6. The van der Waals surface area contributed by atoms with Crippen LogP contribution in [-0.4, -0.2) is 50.5 Å². The quantitative estimate of drug-likeness (QED) is 0.177. The van der Waals surface area contributed by atoms with Crippen molar-refractivity contribution in [1.82, 2.24) is 10.6 Å². The second kappa shape index (κ2) is 18.3. The first-order chi connectivity index (χ1) is 10.6. The third-order valence-electron chi connectivity index (χ3n) is 3.30. The van der Waals surface area contributed by atoms with Crippen LogP contribution in [0.15, 0.2) is 4.99 Å². The van der Waals surface area contributed by atoms with Gasteiger partial charge in [-0.1, -0.05) is 27.2 Å². The molecular weight excluding hydrogens is 405 g/mol. The molecule has 0 aromatic carbocycles. The van der Waals surface area contributed by atoms with Crippen LogP contribution in [0.25, 0.3) is 0 Å². The summed E-state index contributed by atoms with van der Waals surface area (Å²) in [6.07, 6.45) is 4.07. The minimum Gasteiger partial charge on any atom is -0.396 e. The summed E-state index contributed by atoms with van der Waals surface area (Å²) in [7, 11) is 0. The van der Waals surface area contributed by atoms with Crippen LogP contribution in [-0.2, 0) is 4.74 Å². The van der Waals surface area contributed by atoms with Gasteiger partial charge in [0, 0.05) is 39.5 Å². The average molecular weight is 443 g/mol. The van der Waals surface area contributed by atoms with E-state index in [4.69, 9.17) is 9.84 Å². The number of guanidine groups is 1. The minimum absolute atomic E-state index is 0. The highest BCUT2D eigenvalue weighted by atomic mass is 127. The molecule has 0 aliphatic carbocycles. The molecule has 140 valence electrons. The summed E-state index contributed by atoms with van der Waals surface area (Å²) in [4.78, 5) is 4.64. The van der Waals surface area contributed by atoms with E-state index in [2.05, 4.69) is 43.3 Å². The number of aliphatic imine (C=N–C) groups is 1. The molecule has 6 heteroatoms. The maximum atomic E-state index is 9.10. The van der Waals surface area contributed by atoms with Crippen LogP contribution in [0.3, 0.4) is 0 Å². The molecule has 0 saturated carbocycles. The van der Waals surface area contributed by atoms with E-state index in [1.54, 1.807) is 0 Å². The summed E-state index contributed by atoms with van der Waals surface area (Å²) in [5, 5.41) is 15.7. The Balaban J connectivity index is 0. The van der Waals surface area contributed by atoms with Gasteiger partial charge in [0.1, 0.15) is 0 Å². The average Bonchev–Trinajstić information content (AvgIpc) is 2.48. The van der Waals surface area contributed by atoms with Gasteiger partial charge in [0.2, 0.25) is 0 Å². The van der Waals surface area contributed by atoms with Crippen molar-refractivity contribution < 1.29 is 9.84 Å². The maximum Gasteiger partial charge on any atom is 0.191 e. The molecule has 0 spiro atoms. The molecule has 0 aromatic rings. The van der Waals surface area contributed by atoms with Crippen LogP contribution in [0, 0.1) is 11.8 Å². The molecule has 0 rings (SSSR count). The second-order valence-corrected chi connectivity index (χ2v) is 6.14. The summed E-state index contributed by atoms with van der Waals surface area (Å²) in [5.41, 5.74) is 0. The predicted octanol–water partition coefficient (Wildman–Crippen LogP) is 3.02. The van der Waals surface area contributed by atoms with Crippen molar-refractivity contribution in [2.75, 3.05) is 39.5 Å². The first kappa shape index (κ1) is 25.2. The molecule has 0 fully saturated rings. The molecule has 0 heterocycles. The number of hydrogen-bond acceptors (Lipinski definition) is 3. The third-order valence-corrected chi connectivity index (χ3v) is 3.30. The molecule has 1 atom stereocenters. The lowest BCUT2D eigenvalue weighted by Gasteiger charge is -2.15. The van der Waals surface area contributed by atoms with Crippen LogP contribution in [0.5, 0.6) is 0 Å². The summed E-state index contributed by atoms with van der Waals surface area (Å²) < 4.78 is 5.57. The molecule has 0 aliphatic rings. The van der Waals surface area contributed by atoms with Crippen molar-refractivity contribution in [2.24, 2.45) is 16.8 Å². The third kappa shape index (κ3) is 16.6. The number of ether oxygens (including phenoxy) is 1. The molecular formula is C17H38IN3O2. The van der Waals surface area contributed by atoms with Gasteiger partial charge >= 0.3 is 0 Å². The van der Waals surface area contributed by atoms with Gasteiger partial charge in [-0.3, -0.25) is 4.99 Å². The van der Waals surface area contributed by atoms with Gasteiger partial charge in [0.05, 0.1) is 0 Å². The van der Waals surface area contributed by atoms with E-state index in [1.807, 2.05) is 0 Å². The highest BCUT2D eigenvalue weighted by Gasteiger charge is 2.07. The standard InChI is InChI=1S/C17H37N3O2.HI/c1-5-8-16(9-11-21)13-20-17(18-6-2)19-10-7-12-22-14-15(3)4;/h15-16,21H,5-14H2,1-4H3,(H2,18,19,20);1H. The fourth-order valence-electron chi connectivity index (χ4n) is 2.18. The Hall–Kier alpha value is -0.0800. The van der Waals surface area contributed by atoms with E-state index < -0.39 is 0 Å². The summed E-state index contributed by atoms with van der Waals surface area (Å²) in [5.74, 6) is 1.93. The van der Waals surface area contributed by atoms with E-state index >= 15 is 0 Å². The number of rotatable bonds is 13. The lowest BCUT2D eigenvalue weighted by Crippen LogP contribution is -2.38. The van der Waals surface area contributed by atoms with Gasteiger partial charge in [-0.15, -0.1) is 24.0 Å². The summed E-state index contributed by atoms with van der Waals surface area (Å²) >= 11 is 0. The molecule has 3 N–H and O–H groups in total. The van der Waals surface area contributed by atoms with Crippen molar-refractivity contribution in [3.05, 3.63) is 0 Å². The van der Waals surface area contributed by atoms with Crippen LogP contribution in [0.4, 0.5) is 0 Å². The number of nitrogens with one attached hydrogen (secondary N) is 2. The zero-order valence-corrected chi connectivity index (χ0v) is 17.8. The molecule has 0 saturated heterocycles. The Kier molecular flexibility index (Phi) is 20.0. The SMILES string of the molecule is CCCC(CCO)CN=C(NCC)NCCCOCC(C)C.I. The predicted molar refractivity (Wildman–Crippen MR) is 110 cm³/mol. The van der Waals surface area contributed by atoms with Gasteiger partial charge < -0.3 is 20.5 Å². The summed E-state index contributed by atoms with van der Waals surface area (Å²) in [6.45, 7) is 12.9. The van der Waals surface area contributed by atoms with Crippen LogP contribution in [0.1, 0.15) is 53.4 Å². The van der Waals surface area contributed by atoms with Crippen LogP contribution >= 0.6 is 24.0 Å². The van der Waals surface area contributed by atoms with Crippen molar-refractivity contribution in [2.45, 2.75) is 53.4 Å². The van der Waals surface area contributed by atoms with Crippen molar-refractivity contribution in [3.8, 4) is 0 Å². The lowest BCUT2D eigenvalue weighted by atomic mass is 10.0. The fraction of sp³-hybridized carbons (Fsp3) is 0.941. The van der Waals surface area contributed by atoms with Gasteiger partial charge in [0.15, 0.2) is 5.96 Å². The Labute approximate surface area is 160 Å². The second-order valence-electron chi connectivity index (χ2n) is 6.14. The Morgan fingerprint density at radius 2 is 1.91 bits per heavy atom. The smallest absolute Gasteiger partial charge is 0.191 e. The van der Waals surface area contributed by atoms with E-state index in [0.717, 1.165) is 64.5 Å². The van der Waals surface area contributed by atoms with Gasteiger partial charge in [-0.25, -0.2) is 0 Å². The lowest BCUT2D eigenvalue weighted by molar-refractivity contribution is 0.108. The molecule has 0 bridgehead atoms. The minimum atomic E-state index is 0. The zero-order valence-electron chi connectivity index (χ0n) is 15.4. The fourth-order valence-corrected chi connectivity index (χ4v) is 2.18. The Morgan fingerprint density at radius 3 is 2.48 bits per heavy atom. The topological polar surface area (TPSA) is 65.9 Å². The van der Waals surface area contributed by atoms with Crippen LogP contribution in [0.2, 0.25) is 0 Å². The number of halogens is 1. The Morgan fingerprint density at radius 1 is 1.17 bits per heavy atom. The molecule has 0 aromatic heterocycles. The van der Waals surface area contributed by atoms with Gasteiger partial charge in [-0.2, -0.15) is 0 Å². The number of aliphatic hydroxyl groups is 1. The molecule has 0 amide bonds. The monoisotopic (exact) mass is 443 g/mol. The molecule has 0 radical (unpaired) electrons. The highest BCUT2D eigenvalue weighted by molar-refractivity contribution is 14.0. The molecule has 1 unspecified atom stereocenters. The maximum absolute atomic E-state index is 9.10. The van der Waals surface area contributed by atoms with Gasteiger partial charge in [0.25, 0.3) is 0 Å². The highest BCUT2D eigenvalue weighted by Crippen LogP contribution is 2.10. The first-order valence-electron chi connectivity index (χ1n) is 8.84. The van der Waals surface area contributed by atoms with Gasteiger partial charge in [-0.05, 0) is 38.0 Å². The largest absolute Gasteiger partial charge is 0.396 e. The van der Waals surface area contributed by atoms with E-state index in [9.17, 15) is 0 Å². The van der Waals surface area contributed by atoms with E-state index in [0.29, 0.717) is 11.8 Å².